The molecule has 96 valence electrons. The van der Waals surface area contributed by atoms with Gasteiger partial charge in [0.25, 0.3) is 0 Å². The normalized spacial score (nSPS) is 10.7. The van der Waals surface area contributed by atoms with Gasteiger partial charge in [-0.05, 0) is 30.2 Å². The maximum atomic E-state index is 5.63. The molecular formula is C13H17N3OS. The van der Waals surface area contributed by atoms with Crippen LogP contribution in [0.1, 0.15) is 13.8 Å². The van der Waals surface area contributed by atoms with Crippen molar-refractivity contribution in [2.24, 2.45) is 11.8 Å². The molecule has 2 aromatic rings. The third-order valence-electron chi connectivity index (χ3n) is 2.36. The van der Waals surface area contributed by atoms with Gasteiger partial charge in [-0.25, -0.2) is 10.8 Å². The zero-order chi connectivity index (χ0) is 13.0. The van der Waals surface area contributed by atoms with Gasteiger partial charge in [0, 0.05) is 10.9 Å². The summed E-state index contributed by atoms with van der Waals surface area (Å²) in [7, 11) is 0. The van der Waals surface area contributed by atoms with E-state index in [1.807, 2.05) is 29.6 Å². The Labute approximate surface area is 111 Å². The van der Waals surface area contributed by atoms with Crippen LogP contribution in [-0.4, -0.2) is 11.6 Å². The Balaban J connectivity index is 2.07. The lowest BCUT2D eigenvalue weighted by atomic mass is 10.2. The molecule has 0 atom stereocenters. The van der Waals surface area contributed by atoms with Crippen LogP contribution in [0.2, 0.25) is 0 Å². The molecule has 0 spiro atoms. The second-order valence-corrected chi connectivity index (χ2v) is 5.27. The van der Waals surface area contributed by atoms with Gasteiger partial charge in [0.1, 0.15) is 5.75 Å². The summed E-state index contributed by atoms with van der Waals surface area (Å²) in [5.41, 5.74) is 4.52. The smallest absolute Gasteiger partial charge is 0.197 e. The Morgan fingerprint density at radius 3 is 2.61 bits per heavy atom. The quantitative estimate of drug-likeness (QED) is 0.642. The first-order valence-electron chi connectivity index (χ1n) is 5.84. The molecule has 1 aromatic carbocycles. The number of hydrazine groups is 1. The average molecular weight is 263 g/mol. The van der Waals surface area contributed by atoms with Gasteiger partial charge in [-0.2, -0.15) is 0 Å². The van der Waals surface area contributed by atoms with Gasteiger partial charge in [-0.1, -0.05) is 13.8 Å². The second-order valence-electron chi connectivity index (χ2n) is 4.41. The lowest BCUT2D eigenvalue weighted by Gasteiger charge is -2.08. The first-order valence-corrected chi connectivity index (χ1v) is 6.72. The first kappa shape index (κ1) is 12.9. The van der Waals surface area contributed by atoms with Crippen LogP contribution in [0, 0.1) is 5.92 Å². The Bertz CT molecular complexity index is 493. The molecule has 0 radical (unpaired) electrons. The minimum Gasteiger partial charge on any atom is -0.493 e. The standard InChI is InChI=1S/C13H17N3OS/c1-9(2)7-17-11-5-3-10(4-6-11)12-8-18-13(15-12)16-14/h3-6,8-9H,7,14H2,1-2H3,(H,15,16). The minimum atomic E-state index is 0.529. The molecule has 0 fully saturated rings. The van der Waals surface area contributed by atoms with Crippen molar-refractivity contribution in [1.82, 2.24) is 4.98 Å². The Kier molecular flexibility index (Phi) is 4.17. The maximum Gasteiger partial charge on any atom is 0.197 e. The highest BCUT2D eigenvalue weighted by Crippen LogP contribution is 2.26. The fraction of sp³-hybridized carbons (Fsp3) is 0.308. The Hall–Kier alpha value is -1.59. The molecule has 5 heteroatoms. The molecule has 0 aliphatic heterocycles. The van der Waals surface area contributed by atoms with Crippen molar-refractivity contribution in [3.8, 4) is 17.0 Å². The number of rotatable bonds is 5. The summed E-state index contributed by atoms with van der Waals surface area (Å²) in [6.45, 7) is 4.99. The van der Waals surface area contributed by atoms with Crippen LogP contribution in [0.5, 0.6) is 5.75 Å². The van der Waals surface area contributed by atoms with E-state index in [2.05, 4.69) is 24.3 Å². The zero-order valence-corrected chi connectivity index (χ0v) is 11.3. The number of hydrogen-bond donors (Lipinski definition) is 2. The fourth-order valence-corrected chi connectivity index (χ4v) is 2.09. The molecule has 4 nitrogen and oxygen atoms in total. The number of nitrogens with one attached hydrogen (secondary N) is 1. The van der Waals surface area contributed by atoms with E-state index >= 15 is 0 Å². The van der Waals surface area contributed by atoms with Crippen LogP contribution in [0.25, 0.3) is 11.3 Å². The summed E-state index contributed by atoms with van der Waals surface area (Å²) in [5, 5.41) is 2.68. The number of nitrogens with zero attached hydrogens (tertiary/aromatic N) is 1. The fourth-order valence-electron chi connectivity index (χ4n) is 1.46. The second kappa shape index (κ2) is 5.84. The summed E-state index contributed by atoms with van der Waals surface area (Å²) in [6.07, 6.45) is 0. The van der Waals surface area contributed by atoms with E-state index < -0.39 is 0 Å². The molecule has 0 unspecified atom stereocenters. The maximum absolute atomic E-state index is 5.63. The van der Waals surface area contributed by atoms with Gasteiger partial charge in [0.05, 0.1) is 12.3 Å². The number of thiazole rings is 1. The molecule has 0 aliphatic carbocycles. The largest absolute Gasteiger partial charge is 0.493 e. The van der Waals surface area contributed by atoms with Gasteiger partial charge in [0.15, 0.2) is 5.13 Å². The van der Waals surface area contributed by atoms with E-state index in [1.165, 1.54) is 11.3 Å². The molecule has 1 aromatic heterocycles. The number of nitrogen functional groups attached to an aromatic ring is 1. The van der Waals surface area contributed by atoms with Gasteiger partial charge in [-0.3, -0.25) is 5.43 Å². The summed E-state index contributed by atoms with van der Waals surface area (Å²) >= 11 is 1.48. The summed E-state index contributed by atoms with van der Waals surface area (Å²) in [5.74, 6) is 6.73. The van der Waals surface area contributed by atoms with E-state index in [-0.39, 0.29) is 0 Å². The molecule has 3 N–H and O–H groups in total. The monoisotopic (exact) mass is 263 g/mol. The van der Waals surface area contributed by atoms with Crippen LogP contribution in [-0.2, 0) is 0 Å². The van der Waals surface area contributed by atoms with Crippen LogP contribution < -0.4 is 16.0 Å². The third-order valence-corrected chi connectivity index (χ3v) is 3.13. The zero-order valence-electron chi connectivity index (χ0n) is 10.5. The topological polar surface area (TPSA) is 60.2 Å². The van der Waals surface area contributed by atoms with Crippen molar-refractivity contribution in [3.05, 3.63) is 29.6 Å². The van der Waals surface area contributed by atoms with E-state index in [1.54, 1.807) is 0 Å². The van der Waals surface area contributed by atoms with E-state index in [0.717, 1.165) is 23.6 Å². The molecule has 0 saturated heterocycles. The van der Waals surface area contributed by atoms with E-state index in [9.17, 15) is 0 Å². The highest BCUT2D eigenvalue weighted by atomic mass is 32.1. The van der Waals surface area contributed by atoms with Gasteiger partial charge in [-0.15, -0.1) is 11.3 Å². The number of nitrogens with two attached hydrogens (primary N) is 1. The van der Waals surface area contributed by atoms with Gasteiger partial charge < -0.3 is 4.74 Å². The lowest BCUT2D eigenvalue weighted by molar-refractivity contribution is 0.271. The Morgan fingerprint density at radius 1 is 1.33 bits per heavy atom. The van der Waals surface area contributed by atoms with Crippen molar-refractivity contribution >= 4 is 16.5 Å². The summed E-state index contributed by atoms with van der Waals surface area (Å²) in [4.78, 5) is 4.34. The average Bonchev–Trinajstić information content (AvgIpc) is 2.85. The highest BCUT2D eigenvalue weighted by Gasteiger charge is 2.04. The number of anilines is 1. The molecule has 0 bridgehead atoms. The Morgan fingerprint density at radius 2 is 2.06 bits per heavy atom. The molecule has 0 aliphatic rings. The van der Waals surface area contributed by atoms with Crippen LogP contribution in [0.4, 0.5) is 5.13 Å². The number of ether oxygens (including phenoxy) is 1. The number of benzene rings is 1. The molecule has 18 heavy (non-hydrogen) atoms. The number of hydrogen-bond acceptors (Lipinski definition) is 5. The molecule has 0 amide bonds. The molecular weight excluding hydrogens is 246 g/mol. The lowest BCUT2D eigenvalue weighted by Crippen LogP contribution is -2.05. The van der Waals surface area contributed by atoms with Crippen molar-refractivity contribution in [1.29, 1.82) is 0 Å². The van der Waals surface area contributed by atoms with Crippen LogP contribution >= 0.6 is 11.3 Å². The third kappa shape index (κ3) is 3.21. The molecule has 0 saturated carbocycles. The number of aromatic nitrogens is 1. The van der Waals surface area contributed by atoms with Crippen molar-refractivity contribution in [2.45, 2.75) is 13.8 Å². The van der Waals surface area contributed by atoms with Gasteiger partial charge >= 0.3 is 0 Å². The van der Waals surface area contributed by atoms with Crippen molar-refractivity contribution in [2.75, 3.05) is 12.0 Å². The van der Waals surface area contributed by atoms with E-state index in [0.29, 0.717) is 11.0 Å². The van der Waals surface area contributed by atoms with Gasteiger partial charge in [0.2, 0.25) is 0 Å². The van der Waals surface area contributed by atoms with E-state index in [4.69, 9.17) is 10.6 Å². The predicted octanol–water partition coefficient (Wildman–Crippen LogP) is 3.13. The molecule has 2 rings (SSSR count). The van der Waals surface area contributed by atoms with Crippen LogP contribution in [0.15, 0.2) is 29.6 Å². The van der Waals surface area contributed by atoms with Crippen molar-refractivity contribution in [3.63, 3.8) is 0 Å². The van der Waals surface area contributed by atoms with Crippen LogP contribution in [0.3, 0.4) is 0 Å². The first-order chi connectivity index (χ1) is 8.69. The minimum absolute atomic E-state index is 0.529. The predicted molar refractivity (Wildman–Crippen MR) is 75.7 cm³/mol. The summed E-state index contributed by atoms with van der Waals surface area (Å²) < 4.78 is 5.63. The highest BCUT2D eigenvalue weighted by molar-refractivity contribution is 7.14. The molecule has 1 heterocycles. The SMILES string of the molecule is CC(C)COc1ccc(-c2csc(NN)n2)cc1. The van der Waals surface area contributed by atoms with Crippen molar-refractivity contribution < 1.29 is 4.74 Å². The summed E-state index contributed by atoms with van der Waals surface area (Å²) in [6, 6.07) is 7.94.